The average molecular weight is 692 g/mol. The standard InChI is InChI=1S/C39H35BrN2O5/c40-28-12-17-34(44)26(20-28)19-25(24-7-3-1-4-8-24)11-18-35-36-27(22-43)21-32-37(33(36)23-47-35)39(46)42(38(32)45)31-15-13-30(14-16-31)41-29-9-5-2-6-10-29/h1-10,12-17,19-20,32-33,35,37,41,43-44H,11,18,21-23H2/b25-19-/t32-,33+,35-,37-/m1/s1. The fraction of sp³-hybridized carbons (Fsp3) is 0.231. The lowest BCUT2D eigenvalue weighted by molar-refractivity contribution is -0.122. The van der Waals surface area contributed by atoms with E-state index >= 15 is 0 Å². The summed E-state index contributed by atoms with van der Waals surface area (Å²) in [5.74, 6) is -1.55. The van der Waals surface area contributed by atoms with Gasteiger partial charge in [-0.2, -0.15) is 0 Å². The van der Waals surface area contributed by atoms with Crippen LogP contribution in [0.25, 0.3) is 11.6 Å². The highest BCUT2D eigenvalue weighted by atomic mass is 79.9. The van der Waals surface area contributed by atoms with Gasteiger partial charge < -0.3 is 20.3 Å². The summed E-state index contributed by atoms with van der Waals surface area (Å²) in [4.78, 5) is 29.1. The van der Waals surface area contributed by atoms with Crippen LogP contribution >= 0.6 is 15.9 Å². The molecule has 3 aliphatic rings. The van der Waals surface area contributed by atoms with Gasteiger partial charge in [-0.15, -0.1) is 0 Å². The monoisotopic (exact) mass is 690 g/mol. The highest BCUT2D eigenvalue weighted by Crippen LogP contribution is 2.50. The zero-order valence-electron chi connectivity index (χ0n) is 25.7. The number of ether oxygens (including phenoxy) is 1. The molecule has 2 heterocycles. The number of fused-ring (bicyclic) bond motifs is 3. The molecule has 0 unspecified atom stereocenters. The summed E-state index contributed by atoms with van der Waals surface area (Å²) in [5, 5.41) is 24.4. The van der Waals surface area contributed by atoms with Crippen molar-refractivity contribution in [2.75, 3.05) is 23.4 Å². The molecule has 0 saturated carbocycles. The van der Waals surface area contributed by atoms with Crippen molar-refractivity contribution in [1.82, 2.24) is 0 Å². The Bertz CT molecular complexity index is 1860. The van der Waals surface area contributed by atoms with Crippen molar-refractivity contribution in [3.63, 3.8) is 0 Å². The van der Waals surface area contributed by atoms with E-state index in [1.54, 1.807) is 24.3 Å². The normalized spacial score (nSPS) is 22.4. The predicted molar refractivity (Wildman–Crippen MR) is 187 cm³/mol. The van der Waals surface area contributed by atoms with Crippen LogP contribution in [0.4, 0.5) is 17.1 Å². The molecule has 4 aromatic carbocycles. The lowest BCUT2D eigenvalue weighted by Crippen LogP contribution is -2.35. The molecule has 4 atom stereocenters. The number of nitrogens with zero attached hydrogens (tertiary/aromatic N) is 1. The number of imide groups is 1. The second kappa shape index (κ2) is 13.3. The highest BCUT2D eigenvalue weighted by Gasteiger charge is 2.57. The van der Waals surface area contributed by atoms with E-state index in [1.165, 1.54) is 4.90 Å². The number of rotatable bonds is 9. The number of hydrogen-bond acceptors (Lipinski definition) is 6. The Morgan fingerprint density at radius 2 is 1.60 bits per heavy atom. The molecule has 2 amide bonds. The molecule has 7 rings (SSSR count). The summed E-state index contributed by atoms with van der Waals surface area (Å²) >= 11 is 3.51. The predicted octanol–water partition coefficient (Wildman–Crippen LogP) is 7.73. The number of benzene rings is 4. The van der Waals surface area contributed by atoms with E-state index in [1.807, 2.05) is 84.9 Å². The third-order valence-corrected chi connectivity index (χ3v) is 10.0. The first kappa shape index (κ1) is 31.1. The van der Waals surface area contributed by atoms with Crippen molar-refractivity contribution in [2.24, 2.45) is 17.8 Å². The minimum Gasteiger partial charge on any atom is -0.507 e. The maximum atomic E-state index is 14.0. The van der Waals surface area contributed by atoms with Crippen LogP contribution in [0.3, 0.4) is 0 Å². The Balaban J connectivity index is 1.11. The Morgan fingerprint density at radius 3 is 2.32 bits per heavy atom. The highest BCUT2D eigenvalue weighted by molar-refractivity contribution is 9.10. The van der Waals surface area contributed by atoms with Gasteiger partial charge in [0.2, 0.25) is 11.8 Å². The van der Waals surface area contributed by atoms with Gasteiger partial charge in [0.15, 0.2) is 0 Å². The van der Waals surface area contributed by atoms with Crippen molar-refractivity contribution in [2.45, 2.75) is 25.4 Å². The Hall–Kier alpha value is -4.50. The molecule has 2 aliphatic heterocycles. The van der Waals surface area contributed by atoms with Gasteiger partial charge in [-0.3, -0.25) is 14.5 Å². The molecule has 7 nitrogen and oxygen atoms in total. The third kappa shape index (κ3) is 6.16. The number of carbonyl (C=O) groups is 2. The molecule has 4 aromatic rings. The average Bonchev–Trinajstić information content (AvgIpc) is 3.63. The van der Waals surface area contributed by atoms with Gasteiger partial charge >= 0.3 is 0 Å². The van der Waals surface area contributed by atoms with Gasteiger partial charge in [0.05, 0.1) is 36.8 Å². The number of para-hydroxylation sites is 1. The van der Waals surface area contributed by atoms with Crippen LogP contribution in [0.1, 0.15) is 30.4 Å². The van der Waals surface area contributed by atoms with Crippen molar-refractivity contribution in [3.05, 3.63) is 130 Å². The number of nitrogens with one attached hydrogen (secondary N) is 1. The number of aliphatic hydroxyl groups excluding tert-OH is 1. The molecule has 2 saturated heterocycles. The smallest absolute Gasteiger partial charge is 0.238 e. The molecule has 238 valence electrons. The van der Waals surface area contributed by atoms with Gasteiger partial charge in [-0.1, -0.05) is 64.5 Å². The summed E-state index contributed by atoms with van der Waals surface area (Å²) < 4.78 is 7.24. The summed E-state index contributed by atoms with van der Waals surface area (Å²) in [5.41, 5.74) is 6.91. The first-order valence-electron chi connectivity index (χ1n) is 15.9. The molecule has 0 radical (unpaired) electrons. The molecule has 2 fully saturated rings. The molecule has 8 heteroatoms. The van der Waals surface area contributed by atoms with Crippen LogP contribution in [0.15, 0.2) is 119 Å². The summed E-state index contributed by atoms with van der Waals surface area (Å²) in [6.45, 7) is 0.151. The minimum atomic E-state index is -0.526. The number of halogens is 1. The summed E-state index contributed by atoms with van der Waals surface area (Å²) in [6.07, 6.45) is 3.33. The quantitative estimate of drug-likeness (QED) is 0.0945. The largest absolute Gasteiger partial charge is 0.507 e. The number of hydrogen-bond donors (Lipinski definition) is 3. The topological polar surface area (TPSA) is 99.1 Å². The van der Waals surface area contributed by atoms with Crippen LogP contribution in [-0.2, 0) is 14.3 Å². The molecule has 47 heavy (non-hydrogen) atoms. The number of phenolic OH excluding ortho intramolecular Hbond substituents is 1. The third-order valence-electron chi connectivity index (χ3n) is 9.53. The SMILES string of the molecule is O=C1[C@@H]2[C@@H](CC(CO)=C3[C@@H](CC/C(=C/c4cc(Br)ccc4O)c4ccccc4)OC[C@@H]32)C(=O)N1c1ccc(Nc2ccccc2)cc1. The molecule has 0 bridgehead atoms. The van der Waals surface area contributed by atoms with Gasteiger partial charge in [-0.25, -0.2) is 0 Å². The first-order valence-corrected chi connectivity index (χ1v) is 16.7. The Morgan fingerprint density at radius 1 is 0.894 bits per heavy atom. The van der Waals surface area contributed by atoms with Gasteiger partial charge in [-0.05, 0) is 102 Å². The van der Waals surface area contributed by atoms with Crippen molar-refractivity contribution in [3.8, 4) is 5.75 Å². The Labute approximate surface area is 282 Å². The molecule has 0 spiro atoms. The number of anilines is 3. The van der Waals surface area contributed by atoms with Crippen LogP contribution < -0.4 is 10.2 Å². The minimum absolute atomic E-state index is 0.177. The van der Waals surface area contributed by atoms with Gasteiger partial charge in [0, 0.05) is 27.3 Å². The van der Waals surface area contributed by atoms with Gasteiger partial charge in [0.25, 0.3) is 0 Å². The number of amides is 2. The van der Waals surface area contributed by atoms with E-state index in [-0.39, 0.29) is 36.2 Å². The lowest BCUT2D eigenvalue weighted by atomic mass is 9.69. The van der Waals surface area contributed by atoms with Crippen molar-refractivity contribution < 1.29 is 24.5 Å². The number of aliphatic hydroxyl groups is 1. The van der Waals surface area contributed by atoms with Crippen LogP contribution in [0.5, 0.6) is 5.75 Å². The summed E-state index contributed by atoms with van der Waals surface area (Å²) in [6, 6.07) is 32.5. The van der Waals surface area contributed by atoms with Crippen molar-refractivity contribution >= 4 is 56.5 Å². The fourth-order valence-electron chi connectivity index (χ4n) is 7.32. The first-order chi connectivity index (χ1) is 22.9. The lowest BCUT2D eigenvalue weighted by Gasteiger charge is -2.31. The van der Waals surface area contributed by atoms with E-state index in [4.69, 9.17) is 4.74 Å². The molecular formula is C39H35BrN2O5. The molecular weight excluding hydrogens is 656 g/mol. The van der Waals surface area contributed by atoms with E-state index in [0.717, 1.165) is 38.1 Å². The van der Waals surface area contributed by atoms with E-state index in [9.17, 15) is 19.8 Å². The summed E-state index contributed by atoms with van der Waals surface area (Å²) in [7, 11) is 0. The molecule has 0 aromatic heterocycles. The maximum Gasteiger partial charge on any atom is 0.238 e. The number of aromatic hydroxyl groups is 1. The van der Waals surface area contributed by atoms with E-state index in [0.29, 0.717) is 37.1 Å². The Kier molecular flexibility index (Phi) is 8.82. The zero-order valence-corrected chi connectivity index (χ0v) is 27.3. The fourth-order valence-corrected chi connectivity index (χ4v) is 7.70. The number of phenols is 1. The second-order valence-electron chi connectivity index (χ2n) is 12.3. The van der Waals surface area contributed by atoms with Crippen LogP contribution in [0.2, 0.25) is 0 Å². The van der Waals surface area contributed by atoms with E-state index < -0.39 is 11.8 Å². The van der Waals surface area contributed by atoms with E-state index in [2.05, 4.69) is 21.2 Å². The van der Waals surface area contributed by atoms with Crippen LogP contribution in [-0.4, -0.2) is 41.3 Å². The number of allylic oxidation sites excluding steroid dienone is 1. The maximum absolute atomic E-state index is 14.0. The molecule has 1 aliphatic carbocycles. The van der Waals surface area contributed by atoms with Crippen molar-refractivity contribution in [1.29, 1.82) is 0 Å². The zero-order chi connectivity index (χ0) is 32.5. The van der Waals surface area contributed by atoms with Gasteiger partial charge in [0.1, 0.15) is 5.75 Å². The number of carbonyl (C=O) groups excluding carboxylic acids is 2. The second-order valence-corrected chi connectivity index (χ2v) is 13.2. The van der Waals surface area contributed by atoms with Crippen LogP contribution in [0, 0.1) is 17.8 Å². The molecule has 3 N–H and O–H groups in total.